The predicted octanol–water partition coefficient (Wildman–Crippen LogP) is 1.84. The molecule has 6 heteroatoms. The molecule has 110 valence electrons. The third-order valence-electron chi connectivity index (χ3n) is 3.26. The first kappa shape index (κ1) is 14.7. The predicted molar refractivity (Wildman–Crippen MR) is 70.4 cm³/mol. The topological polar surface area (TPSA) is 50.4 Å². The van der Waals surface area contributed by atoms with Crippen LogP contribution in [0.15, 0.2) is 18.2 Å². The van der Waals surface area contributed by atoms with E-state index in [0.29, 0.717) is 19.1 Å². The number of amides is 2. The van der Waals surface area contributed by atoms with Crippen molar-refractivity contribution in [1.82, 2.24) is 10.6 Å². The van der Waals surface area contributed by atoms with E-state index in [2.05, 4.69) is 10.6 Å². The minimum absolute atomic E-state index is 0.254. The number of ether oxygens (including phenoxy) is 1. The second kappa shape index (κ2) is 7.19. The highest BCUT2D eigenvalue weighted by molar-refractivity contribution is 5.73. The molecule has 2 rings (SSSR count). The first-order valence-electron chi connectivity index (χ1n) is 6.68. The maximum absolute atomic E-state index is 13.3. The van der Waals surface area contributed by atoms with Crippen LogP contribution in [0.5, 0.6) is 0 Å². The van der Waals surface area contributed by atoms with Crippen LogP contribution in [0.3, 0.4) is 0 Å². The molecule has 1 aromatic rings. The Morgan fingerprint density at radius 3 is 2.95 bits per heavy atom. The van der Waals surface area contributed by atoms with Crippen LogP contribution >= 0.6 is 0 Å². The Hall–Kier alpha value is -1.69. The average molecular weight is 284 g/mol. The number of carbonyl (C=O) groups excluding carboxylic acids is 1. The summed E-state index contributed by atoms with van der Waals surface area (Å²) in [5, 5.41) is 5.36. The second-order valence-corrected chi connectivity index (χ2v) is 4.85. The molecule has 0 bridgehead atoms. The molecule has 0 spiro atoms. The Morgan fingerprint density at radius 2 is 2.20 bits per heavy atom. The van der Waals surface area contributed by atoms with Crippen LogP contribution < -0.4 is 10.6 Å². The summed E-state index contributed by atoms with van der Waals surface area (Å²) in [4.78, 5) is 11.5. The lowest BCUT2D eigenvalue weighted by Gasteiger charge is -2.11. The molecular weight excluding hydrogens is 266 g/mol. The summed E-state index contributed by atoms with van der Waals surface area (Å²) in [7, 11) is 0. The van der Waals surface area contributed by atoms with E-state index in [1.807, 2.05) is 0 Å². The van der Waals surface area contributed by atoms with Crippen molar-refractivity contribution in [2.45, 2.75) is 12.8 Å². The number of hydrogen-bond acceptors (Lipinski definition) is 2. The van der Waals surface area contributed by atoms with Gasteiger partial charge in [-0.15, -0.1) is 0 Å². The summed E-state index contributed by atoms with van der Waals surface area (Å²) >= 11 is 0. The minimum Gasteiger partial charge on any atom is -0.381 e. The van der Waals surface area contributed by atoms with Crippen molar-refractivity contribution in [3.05, 3.63) is 35.4 Å². The first-order valence-corrected chi connectivity index (χ1v) is 6.68. The molecule has 1 fully saturated rings. The van der Waals surface area contributed by atoms with Gasteiger partial charge in [-0.25, -0.2) is 13.6 Å². The van der Waals surface area contributed by atoms with Gasteiger partial charge in [0.1, 0.15) is 11.6 Å². The monoisotopic (exact) mass is 284 g/mol. The van der Waals surface area contributed by atoms with Crippen LogP contribution in [-0.2, 0) is 11.2 Å². The molecule has 0 aromatic heterocycles. The van der Waals surface area contributed by atoms with Crippen molar-refractivity contribution in [2.24, 2.45) is 5.92 Å². The largest absolute Gasteiger partial charge is 0.381 e. The zero-order chi connectivity index (χ0) is 14.4. The highest BCUT2D eigenvalue weighted by Crippen LogP contribution is 2.11. The van der Waals surface area contributed by atoms with Crippen LogP contribution in [0.1, 0.15) is 12.0 Å². The highest BCUT2D eigenvalue weighted by Gasteiger charge is 2.16. The molecule has 1 aromatic carbocycles. The van der Waals surface area contributed by atoms with E-state index in [4.69, 9.17) is 4.74 Å². The van der Waals surface area contributed by atoms with Crippen LogP contribution in [0, 0.1) is 17.6 Å². The summed E-state index contributed by atoms with van der Waals surface area (Å²) < 4.78 is 31.5. The summed E-state index contributed by atoms with van der Waals surface area (Å²) in [6.45, 7) is 2.25. The van der Waals surface area contributed by atoms with Gasteiger partial charge >= 0.3 is 6.03 Å². The molecule has 1 atom stereocenters. The lowest BCUT2D eigenvalue weighted by Crippen LogP contribution is -2.39. The third-order valence-corrected chi connectivity index (χ3v) is 3.26. The fraction of sp³-hybridized carbons (Fsp3) is 0.500. The summed E-state index contributed by atoms with van der Waals surface area (Å²) in [5.41, 5.74) is 0.259. The molecule has 1 aliphatic heterocycles. The highest BCUT2D eigenvalue weighted by atomic mass is 19.1. The van der Waals surface area contributed by atoms with Crippen molar-refractivity contribution in [3.63, 3.8) is 0 Å². The molecule has 1 unspecified atom stereocenters. The minimum atomic E-state index is -0.480. The van der Waals surface area contributed by atoms with Gasteiger partial charge in [0, 0.05) is 25.6 Å². The summed E-state index contributed by atoms with van der Waals surface area (Å²) in [5.74, 6) is -0.579. The molecule has 20 heavy (non-hydrogen) atoms. The normalized spacial score (nSPS) is 18.0. The second-order valence-electron chi connectivity index (χ2n) is 4.85. The number of benzene rings is 1. The molecule has 1 saturated heterocycles. The number of nitrogens with one attached hydrogen (secondary N) is 2. The van der Waals surface area contributed by atoms with Gasteiger partial charge in [-0.3, -0.25) is 0 Å². The van der Waals surface area contributed by atoms with E-state index in [1.165, 1.54) is 0 Å². The number of urea groups is 1. The standard InChI is InChI=1S/C14H18F2N2O2/c15-12-1-2-13(16)11(7-12)3-5-17-14(19)18-8-10-4-6-20-9-10/h1-2,7,10H,3-6,8-9H2,(H2,17,18,19). The van der Waals surface area contributed by atoms with Crippen molar-refractivity contribution < 1.29 is 18.3 Å². The zero-order valence-electron chi connectivity index (χ0n) is 11.1. The smallest absolute Gasteiger partial charge is 0.314 e. The summed E-state index contributed by atoms with van der Waals surface area (Å²) in [6.07, 6.45) is 1.21. The molecule has 0 saturated carbocycles. The molecule has 1 heterocycles. The fourth-order valence-corrected chi connectivity index (χ4v) is 2.09. The number of rotatable bonds is 5. The van der Waals surface area contributed by atoms with Crippen molar-refractivity contribution in [2.75, 3.05) is 26.3 Å². The van der Waals surface area contributed by atoms with Crippen LogP contribution in [0.2, 0.25) is 0 Å². The van der Waals surface area contributed by atoms with E-state index in [9.17, 15) is 13.6 Å². The van der Waals surface area contributed by atoms with E-state index < -0.39 is 11.6 Å². The number of hydrogen-bond donors (Lipinski definition) is 2. The Labute approximate surface area is 116 Å². The molecule has 2 N–H and O–H groups in total. The van der Waals surface area contributed by atoms with Gasteiger partial charge in [0.15, 0.2) is 0 Å². The average Bonchev–Trinajstić information content (AvgIpc) is 2.93. The molecule has 0 aliphatic carbocycles. The third kappa shape index (κ3) is 4.45. The van der Waals surface area contributed by atoms with Crippen LogP contribution in [0.4, 0.5) is 13.6 Å². The first-order chi connectivity index (χ1) is 9.65. The van der Waals surface area contributed by atoms with Gasteiger partial charge in [0.05, 0.1) is 6.61 Å². The maximum atomic E-state index is 13.3. The zero-order valence-corrected chi connectivity index (χ0v) is 11.1. The van der Waals surface area contributed by atoms with E-state index >= 15 is 0 Å². The van der Waals surface area contributed by atoms with Crippen molar-refractivity contribution in [1.29, 1.82) is 0 Å². The summed E-state index contributed by atoms with van der Waals surface area (Å²) in [6, 6.07) is 3.01. The van der Waals surface area contributed by atoms with E-state index in [0.717, 1.165) is 31.2 Å². The van der Waals surface area contributed by atoms with Gasteiger partial charge in [-0.2, -0.15) is 0 Å². The molecule has 0 radical (unpaired) electrons. The lowest BCUT2D eigenvalue weighted by atomic mass is 10.1. The van der Waals surface area contributed by atoms with E-state index in [1.54, 1.807) is 0 Å². The van der Waals surface area contributed by atoms with Gasteiger partial charge in [-0.05, 0) is 36.6 Å². The molecule has 4 nitrogen and oxygen atoms in total. The fourth-order valence-electron chi connectivity index (χ4n) is 2.09. The van der Waals surface area contributed by atoms with Gasteiger partial charge in [0.25, 0.3) is 0 Å². The maximum Gasteiger partial charge on any atom is 0.314 e. The number of halogens is 2. The quantitative estimate of drug-likeness (QED) is 0.867. The Bertz CT molecular complexity index is 462. The lowest BCUT2D eigenvalue weighted by molar-refractivity contribution is 0.185. The van der Waals surface area contributed by atoms with Crippen LogP contribution in [-0.4, -0.2) is 32.3 Å². The molecule has 2 amide bonds. The van der Waals surface area contributed by atoms with E-state index in [-0.39, 0.29) is 24.6 Å². The Morgan fingerprint density at radius 1 is 1.35 bits per heavy atom. The van der Waals surface area contributed by atoms with Crippen LogP contribution in [0.25, 0.3) is 0 Å². The molecule has 1 aliphatic rings. The number of carbonyl (C=O) groups is 1. The van der Waals surface area contributed by atoms with Gasteiger partial charge in [0.2, 0.25) is 0 Å². The Balaban J connectivity index is 1.66. The van der Waals surface area contributed by atoms with Crippen molar-refractivity contribution >= 4 is 6.03 Å². The van der Waals surface area contributed by atoms with Gasteiger partial charge in [-0.1, -0.05) is 0 Å². The van der Waals surface area contributed by atoms with Crippen molar-refractivity contribution in [3.8, 4) is 0 Å². The molecular formula is C14H18F2N2O2. The van der Waals surface area contributed by atoms with Gasteiger partial charge < -0.3 is 15.4 Å². The SMILES string of the molecule is O=C(NCCc1cc(F)ccc1F)NCC1CCOC1. The Kier molecular flexibility index (Phi) is 5.29.